The van der Waals surface area contributed by atoms with Crippen molar-refractivity contribution in [1.29, 1.82) is 0 Å². The Morgan fingerprint density at radius 2 is 2.11 bits per heavy atom. The second-order valence-corrected chi connectivity index (χ2v) is 4.86. The molecular weight excluding hydrogens is 224 g/mol. The average Bonchev–Trinajstić information content (AvgIpc) is 2.76. The Kier molecular flexibility index (Phi) is 4.10. The molecule has 0 saturated heterocycles. The first-order chi connectivity index (χ1) is 8.68. The molecule has 2 aromatic rings. The molecule has 4 nitrogen and oxygen atoms in total. The third-order valence-electron chi connectivity index (χ3n) is 2.79. The van der Waals surface area contributed by atoms with Crippen molar-refractivity contribution in [3.05, 3.63) is 42.1 Å². The van der Waals surface area contributed by atoms with Crippen LogP contribution in [0.5, 0.6) is 0 Å². The lowest BCUT2D eigenvalue weighted by Gasteiger charge is -2.12. The first-order valence-electron chi connectivity index (χ1n) is 6.33. The van der Waals surface area contributed by atoms with Gasteiger partial charge in [-0.25, -0.2) is 9.97 Å². The average molecular weight is 244 g/mol. The molecule has 2 aromatic heterocycles. The van der Waals surface area contributed by atoms with Crippen LogP contribution in [0.3, 0.4) is 0 Å². The van der Waals surface area contributed by atoms with E-state index in [1.54, 1.807) is 6.20 Å². The maximum absolute atomic E-state index is 4.46. The number of pyridine rings is 1. The van der Waals surface area contributed by atoms with Crippen molar-refractivity contribution in [2.45, 2.75) is 27.3 Å². The van der Waals surface area contributed by atoms with Crippen molar-refractivity contribution < 1.29 is 0 Å². The van der Waals surface area contributed by atoms with Gasteiger partial charge in [0.05, 0.1) is 0 Å². The van der Waals surface area contributed by atoms with Crippen LogP contribution < -0.4 is 5.32 Å². The summed E-state index contributed by atoms with van der Waals surface area (Å²) in [5.41, 5.74) is 1.19. The number of nitrogens with zero attached hydrogens (tertiary/aromatic N) is 3. The summed E-state index contributed by atoms with van der Waals surface area (Å²) in [6.45, 7) is 8.24. The largest absolute Gasteiger partial charge is 0.312 e. The SMILES string of the molecule is Cc1nccn1-c1ncccc1CNCC(C)C. The van der Waals surface area contributed by atoms with Gasteiger partial charge in [-0.15, -0.1) is 0 Å². The van der Waals surface area contributed by atoms with Crippen LogP contribution in [-0.4, -0.2) is 21.1 Å². The number of rotatable bonds is 5. The minimum absolute atomic E-state index is 0.653. The fraction of sp³-hybridized carbons (Fsp3) is 0.429. The molecule has 1 N–H and O–H groups in total. The summed E-state index contributed by atoms with van der Waals surface area (Å²) < 4.78 is 2.02. The van der Waals surface area contributed by atoms with E-state index in [2.05, 4.69) is 35.2 Å². The van der Waals surface area contributed by atoms with Gasteiger partial charge in [0.2, 0.25) is 0 Å². The first kappa shape index (κ1) is 12.8. The maximum atomic E-state index is 4.46. The van der Waals surface area contributed by atoms with Crippen LogP contribution >= 0.6 is 0 Å². The number of hydrogen-bond acceptors (Lipinski definition) is 3. The Labute approximate surface area is 108 Å². The van der Waals surface area contributed by atoms with Crippen molar-refractivity contribution >= 4 is 0 Å². The summed E-state index contributed by atoms with van der Waals surface area (Å²) >= 11 is 0. The topological polar surface area (TPSA) is 42.7 Å². The highest BCUT2D eigenvalue weighted by Crippen LogP contribution is 2.13. The van der Waals surface area contributed by atoms with Gasteiger partial charge in [0.15, 0.2) is 0 Å². The van der Waals surface area contributed by atoms with Crippen LogP contribution in [0.25, 0.3) is 5.82 Å². The predicted molar refractivity (Wildman–Crippen MR) is 72.6 cm³/mol. The zero-order chi connectivity index (χ0) is 13.0. The van der Waals surface area contributed by atoms with Crippen molar-refractivity contribution in [3.8, 4) is 5.82 Å². The highest BCUT2D eigenvalue weighted by atomic mass is 15.1. The van der Waals surface area contributed by atoms with Gasteiger partial charge in [-0.1, -0.05) is 19.9 Å². The number of nitrogens with one attached hydrogen (secondary N) is 1. The Morgan fingerprint density at radius 3 is 2.78 bits per heavy atom. The maximum Gasteiger partial charge on any atom is 0.142 e. The Hall–Kier alpha value is -1.68. The van der Waals surface area contributed by atoms with Crippen molar-refractivity contribution in [1.82, 2.24) is 19.9 Å². The number of hydrogen-bond donors (Lipinski definition) is 1. The quantitative estimate of drug-likeness (QED) is 0.877. The summed E-state index contributed by atoms with van der Waals surface area (Å²) in [6, 6.07) is 4.08. The summed E-state index contributed by atoms with van der Waals surface area (Å²) in [7, 11) is 0. The van der Waals surface area contributed by atoms with E-state index < -0.39 is 0 Å². The monoisotopic (exact) mass is 244 g/mol. The molecule has 0 unspecified atom stereocenters. The molecule has 0 aliphatic heterocycles. The molecule has 0 amide bonds. The standard InChI is InChI=1S/C14H20N4/c1-11(2)9-15-10-13-5-4-6-17-14(13)18-8-7-16-12(18)3/h4-8,11,15H,9-10H2,1-3H3. The zero-order valence-electron chi connectivity index (χ0n) is 11.2. The molecule has 0 aliphatic carbocycles. The lowest BCUT2D eigenvalue weighted by molar-refractivity contribution is 0.551. The van der Waals surface area contributed by atoms with Crippen molar-refractivity contribution in [3.63, 3.8) is 0 Å². The summed E-state index contributed by atoms with van der Waals surface area (Å²) in [5.74, 6) is 2.57. The second kappa shape index (κ2) is 5.78. The van der Waals surface area contributed by atoms with Gasteiger partial charge >= 0.3 is 0 Å². The molecular formula is C14H20N4. The Morgan fingerprint density at radius 1 is 1.28 bits per heavy atom. The van der Waals surface area contributed by atoms with Crippen LogP contribution in [0.1, 0.15) is 25.2 Å². The molecule has 0 bridgehead atoms. The summed E-state index contributed by atoms with van der Waals surface area (Å²) in [6.07, 6.45) is 5.57. The van der Waals surface area contributed by atoms with E-state index in [4.69, 9.17) is 0 Å². The molecule has 0 fully saturated rings. The molecule has 0 saturated carbocycles. The smallest absolute Gasteiger partial charge is 0.142 e. The number of aryl methyl sites for hydroxylation is 1. The molecule has 0 atom stereocenters. The van der Waals surface area contributed by atoms with Crippen molar-refractivity contribution in [2.75, 3.05) is 6.54 Å². The fourth-order valence-corrected chi connectivity index (χ4v) is 1.88. The zero-order valence-corrected chi connectivity index (χ0v) is 11.2. The van der Waals surface area contributed by atoms with E-state index in [1.165, 1.54) is 5.56 Å². The molecule has 0 aromatic carbocycles. The molecule has 96 valence electrons. The molecule has 0 radical (unpaired) electrons. The fourth-order valence-electron chi connectivity index (χ4n) is 1.88. The molecule has 4 heteroatoms. The van der Waals surface area contributed by atoms with E-state index in [1.807, 2.05) is 30.0 Å². The van der Waals surface area contributed by atoms with Gasteiger partial charge in [0.25, 0.3) is 0 Å². The van der Waals surface area contributed by atoms with Crippen LogP contribution in [0.4, 0.5) is 0 Å². The van der Waals surface area contributed by atoms with Gasteiger partial charge in [0, 0.05) is 30.7 Å². The normalized spacial score (nSPS) is 11.1. The van der Waals surface area contributed by atoms with Crippen LogP contribution in [-0.2, 0) is 6.54 Å². The molecule has 2 heterocycles. The van der Waals surface area contributed by atoms with Gasteiger partial charge < -0.3 is 5.32 Å². The first-order valence-corrected chi connectivity index (χ1v) is 6.33. The van der Waals surface area contributed by atoms with E-state index in [0.29, 0.717) is 5.92 Å². The molecule has 0 spiro atoms. The highest BCUT2D eigenvalue weighted by molar-refractivity contribution is 5.34. The van der Waals surface area contributed by atoms with E-state index in [9.17, 15) is 0 Å². The minimum Gasteiger partial charge on any atom is -0.312 e. The Bertz CT molecular complexity index is 502. The second-order valence-electron chi connectivity index (χ2n) is 4.86. The van der Waals surface area contributed by atoms with E-state index in [0.717, 1.165) is 24.7 Å². The lowest BCUT2D eigenvalue weighted by Crippen LogP contribution is -2.20. The lowest BCUT2D eigenvalue weighted by atomic mass is 10.2. The molecule has 2 rings (SSSR count). The highest BCUT2D eigenvalue weighted by Gasteiger charge is 2.07. The van der Waals surface area contributed by atoms with Crippen LogP contribution in [0.2, 0.25) is 0 Å². The molecule has 18 heavy (non-hydrogen) atoms. The third-order valence-corrected chi connectivity index (χ3v) is 2.79. The van der Waals surface area contributed by atoms with Gasteiger partial charge in [-0.05, 0) is 25.5 Å². The van der Waals surface area contributed by atoms with Gasteiger partial charge in [-0.3, -0.25) is 4.57 Å². The third kappa shape index (κ3) is 2.96. The summed E-state index contributed by atoms with van der Waals surface area (Å²) in [5, 5.41) is 3.45. The van der Waals surface area contributed by atoms with Crippen LogP contribution in [0.15, 0.2) is 30.7 Å². The Balaban J connectivity index is 2.18. The molecule has 0 aliphatic rings. The van der Waals surface area contributed by atoms with Gasteiger partial charge in [-0.2, -0.15) is 0 Å². The predicted octanol–water partition coefficient (Wildman–Crippen LogP) is 2.32. The summed E-state index contributed by atoms with van der Waals surface area (Å²) in [4.78, 5) is 8.71. The number of aromatic nitrogens is 3. The minimum atomic E-state index is 0.653. The van der Waals surface area contributed by atoms with E-state index in [-0.39, 0.29) is 0 Å². The van der Waals surface area contributed by atoms with Crippen LogP contribution in [0, 0.1) is 12.8 Å². The van der Waals surface area contributed by atoms with E-state index >= 15 is 0 Å². The van der Waals surface area contributed by atoms with Gasteiger partial charge in [0.1, 0.15) is 11.6 Å². The number of imidazole rings is 1. The van der Waals surface area contributed by atoms with Crippen molar-refractivity contribution in [2.24, 2.45) is 5.92 Å².